The Morgan fingerprint density at radius 1 is 1.12 bits per heavy atom. The molecule has 2 aromatic carbocycles. The fraction of sp³-hybridized carbons (Fsp3) is 0.452. The molecule has 0 aliphatic carbocycles. The van der Waals surface area contributed by atoms with Gasteiger partial charge in [-0.15, -0.1) is 5.10 Å². The third-order valence-electron chi connectivity index (χ3n) is 7.12. The number of amides is 3. The van der Waals surface area contributed by atoms with Crippen LogP contribution in [0.15, 0.2) is 48.7 Å². The molecule has 0 unspecified atom stereocenters. The van der Waals surface area contributed by atoms with Crippen LogP contribution in [0.1, 0.15) is 59.8 Å². The second-order valence-electron chi connectivity index (χ2n) is 10.5. The van der Waals surface area contributed by atoms with Crippen LogP contribution in [-0.4, -0.2) is 70.5 Å². The highest BCUT2D eigenvalue weighted by atomic mass is 16.5. The zero-order chi connectivity index (χ0) is 29.9. The van der Waals surface area contributed by atoms with E-state index in [0.717, 1.165) is 23.3 Å². The van der Waals surface area contributed by atoms with Gasteiger partial charge in [-0.05, 0) is 68.5 Å². The Bertz CT molecular complexity index is 1360. The summed E-state index contributed by atoms with van der Waals surface area (Å²) in [7, 11) is 1.64. The van der Waals surface area contributed by atoms with Crippen molar-refractivity contribution in [1.82, 2.24) is 30.5 Å². The average molecular weight is 577 g/mol. The van der Waals surface area contributed by atoms with Crippen LogP contribution in [0.4, 0.5) is 0 Å². The molecule has 11 nitrogen and oxygen atoms in total. The van der Waals surface area contributed by atoms with E-state index in [-0.39, 0.29) is 17.7 Å². The Morgan fingerprint density at radius 3 is 2.71 bits per heavy atom. The minimum absolute atomic E-state index is 0.0253. The molecular weight excluding hydrogens is 536 g/mol. The highest BCUT2D eigenvalue weighted by Crippen LogP contribution is 2.21. The van der Waals surface area contributed by atoms with Crippen LogP contribution < -0.4 is 20.1 Å². The normalized spacial score (nSPS) is 17.0. The van der Waals surface area contributed by atoms with Gasteiger partial charge in [0.05, 0.1) is 32.0 Å². The number of aryl methyl sites for hydroxylation is 3. The molecule has 11 heteroatoms. The monoisotopic (exact) mass is 576 g/mol. The van der Waals surface area contributed by atoms with E-state index in [2.05, 4.69) is 20.9 Å². The molecule has 42 heavy (non-hydrogen) atoms. The van der Waals surface area contributed by atoms with Gasteiger partial charge in [-0.25, -0.2) is 0 Å². The molecule has 3 aromatic rings. The first-order valence-electron chi connectivity index (χ1n) is 14.4. The highest BCUT2D eigenvalue weighted by molar-refractivity contribution is 5.99. The molecule has 1 atom stereocenters. The van der Waals surface area contributed by atoms with Crippen molar-refractivity contribution in [3.63, 3.8) is 0 Å². The van der Waals surface area contributed by atoms with Gasteiger partial charge in [-0.3, -0.25) is 19.1 Å². The summed E-state index contributed by atoms with van der Waals surface area (Å²) in [6.07, 6.45) is 4.94. The molecule has 0 saturated carbocycles. The van der Waals surface area contributed by atoms with E-state index in [1.54, 1.807) is 29.7 Å². The van der Waals surface area contributed by atoms with Gasteiger partial charge in [0.2, 0.25) is 11.8 Å². The van der Waals surface area contributed by atoms with Gasteiger partial charge in [-0.1, -0.05) is 23.4 Å². The van der Waals surface area contributed by atoms with Crippen LogP contribution in [0, 0.1) is 6.92 Å². The summed E-state index contributed by atoms with van der Waals surface area (Å²) in [6.45, 7) is 5.67. The lowest BCUT2D eigenvalue weighted by Crippen LogP contribution is -2.45. The number of benzene rings is 2. The molecule has 224 valence electrons. The molecule has 4 rings (SSSR count). The van der Waals surface area contributed by atoms with Crippen molar-refractivity contribution in [3.8, 4) is 11.5 Å². The molecule has 2 N–H and O–H groups in total. The van der Waals surface area contributed by atoms with E-state index in [4.69, 9.17) is 9.47 Å². The van der Waals surface area contributed by atoms with E-state index >= 15 is 0 Å². The van der Waals surface area contributed by atoms with E-state index in [9.17, 15) is 14.4 Å². The number of carbonyl (C=O) groups excluding carboxylic acids is 3. The lowest BCUT2D eigenvalue weighted by atomic mass is 10.1. The van der Waals surface area contributed by atoms with Crippen LogP contribution in [0.25, 0.3) is 0 Å². The second kappa shape index (κ2) is 15.0. The zero-order valence-electron chi connectivity index (χ0n) is 24.6. The summed E-state index contributed by atoms with van der Waals surface area (Å²) in [5.74, 6) is 0.628. The molecule has 1 aromatic heterocycles. The van der Waals surface area contributed by atoms with E-state index in [0.29, 0.717) is 75.5 Å². The van der Waals surface area contributed by atoms with Crippen LogP contribution in [0.3, 0.4) is 0 Å². The topological polar surface area (TPSA) is 128 Å². The number of hydrogen-bond donors (Lipinski definition) is 2. The van der Waals surface area contributed by atoms with Gasteiger partial charge in [0.1, 0.15) is 23.2 Å². The average Bonchev–Trinajstić information content (AvgIpc) is 3.43. The lowest BCUT2D eigenvalue weighted by molar-refractivity contribution is -0.132. The summed E-state index contributed by atoms with van der Waals surface area (Å²) in [6, 6.07) is 12.5. The number of carbonyl (C=O) groups is 3. The molecule has 0 saturated heterocycles. The maximum absolute atomic E-state index is 13.3. The predicted molar refractivity (Wildman–Crippen MR) is 157 cm³/mol. The number of aromatic nitrogens is 3. The highest BCUT2D eigenvalue weighted by Gasteiger charge is 2.20. The molecular formula is C31H40N6O5. The molecule has 1 aliphatic heterocycles. The Balaban J connectivity index is 1.41. The summed E-state index contributed by atoms with van der Waals surface area (Å²) < 4.78 is 12.9. The summed E-state index contributed by atoms with van der Waals surface area (Å²) in [5.41, 5.74) is 3.19. The van der Waals surface area contributed by atoms with Crippen molar-refractivity contribution in [2.45, 2.75) is 65.1 Å². The van der Waals surface area contributed by atoms with Crippen LogP contribution >= 0.6 is 0 Å². The standard InChI is InChI=1S/C31H40N6O5/c1-22-9-14-27-28(19-22)42-18-6-17-37-21-25(34-35-37)20-36(16-5-15-32-30(39)23(2)33-31(27)40)29(38)8-4-7-24-10-12-26(41-3)13-11-24/h9-14,19,21,23H,4-8,15-18,20H2,1-3H3,(H,32,39)(H,33,40)/t23-/m1/s1. The van der Waals surface area contributed by atoms with Gasteiger partial charge < -0.3 is 25.0 Å². The van der Waals surface area contributed by atoms with Crippen LogP contribution in [0.5, 0.6) is 11.5 Å². The zero-order valence-corrected chi connectivity index (χ0v) is 24.6. The SMILES string of the molecule is COc1ccc(CCCC(=O)N2CCCNC(=O)[C@@H](C)NC(=O)c3ccc(C)cc3OCCCn3cc(nn3)C2)cc1. The molecule has 2 bridgehead atoms. The van der Waals surface area contributed by atoms with Gasteiger partial charge >= 0.3 is 0 Å². The largest absolute Gasteiger partial charge is 0.497 e. The first kappa shape index (κ1) is 30.5. The minimum atomic E-state index is -0.737. The number of nitrogens with zero attached hydrogens (tertiary/aromatic N) is 4. The summed E-state index contributed by atoms with van der Waals surface area (Å²) in [4.78, 5) is 40.7. The van der Waals surface area contributed by atoms with E-state index in [1.807, 2.05) is 49.5 Å². The Morgan fingerprint density at radius 2 is 1.93 bits per heavy atom. The number of methoxy groups -OCH3 is 1. The number of nitrogens with one attached hydrogen (secondary N) is 2. The van der Waals surface area contributed by atoms with Crippen molar-refractivity contribution >= 4 is 17.7 Å². The Kier molecular flexibility index (Phi) is 10.9. The third-order valence-corrected chi connectivity index (χ3v) is 7.12. The Labute approximate surface area is 246 Å². The van der Waals surface area contributed by atoms with E-state index in [1.165, 1.54) is 0 Å². The second-order valence-corrected chi connectivity index (χ2v) is 10.5. The lowest BCUT2D eigenvalue weighted by Gasteiger charge is -2.22. The van der Waals surface area contributed by atoms with Crippen LogP contribution in [0.2, 0.25) is 0 Å². The minimum Gasteiger partial charge on any atom is -0.497 e. The molecule has 1 aliphatic rings. The van der Waals surface area contributed by atoms with Gasteiger partial charge in [-0.2, -0.15) is 0 Å². The third kappa shape index (κ3) is 8.79. The smallest absolute Gasteiger partial charge is 0.255 e. The molecule has 0 fully saturated rings. The van der Waals surface area contributed by atoms with Crippen molar-refractivity contribution < 1.29 is 23.9 Å². The Hall–Kier alpha value is -4.41. The van der Waals surface area contributed by atoms with Gasteiger partial charge in [0.15, 0.2) is 0 Å². The van der Waals surface area contributed by atoms with Gasteiger partial charge in [0, 0.05) is 32.5 Å². The number of rotatable bonds is 5. The maximum Gasteiger partial charge on any atom is 0.255 e. The quantitative estimate of drug-likeness (QED) is 0.478. The maximum atomic E-state index is 13.3. The van der Waals surface area contributed by atoms with Crippen molar-refractivity contribution in [2.75, 3.05) is 26.8 Å². The number of hydrogen-bond acceptors (Lipinski definition) is 7. The molecule has 0 radical (unpaired) electrons. The molecule has 0 spiro atoms. The first-order chi connectivity index (χ1) is 20.3. The van der Waals surface area contributed by atoms with E-state index < -0.39 is 6.04 Å². The summed E-state index contributed by atoms with van der Waals surface area (Å²) in [5, 5.41) is 14.1. The van der Waals surface area contributed by atoms with Crippen molar-refractivity contribution in [1.29, 1.82) is 0 Å². The fourth-order valence-corrected chi connectivity index (χ4v) is 4.72. The van der Waals surface area contributed by atoms with Gasteiger partial charge in [0.25, 0.3) is 5.91 Å². The van der Waals surface area contributed by atoms with Crippen molar-refractivity contribution in [2.24, 2.45) is 0 Å². The molecule has 3 amide bonds. The summed E-state index contributed by atoms with van der Waals surface area (Å²) >= 11 is 0. The first-order valence-corrected chi connectivity index (χ1v) is 14.4. The van der Waals surface area contributed by atoms with Crippen LogP contribution in [-0.2, 0) is 29.1 Å². The van der Waals surface area contributed by atoms with Crippen molar-refractivity contribution in [3.05, 3.63) is 71.0 Å². The predicted octanol–water partition coefficient (Wildman–Crippen LogP) is 3.05. The molecule has 2 heterocycles. The number of ether oxygens (including phenoxy) is 2. The number of fused-ring (bicyclic) bond motifs is 3. The fourth-order valence-electron chi connectivity index (χ4n) is 4.72.